The van der Waals surface area contributed by atoms with Gasteiger partial charge in [-0.05, 0) is 62.6 Å². The van der Waals surface area contributed by atoms with E-state index in [9.17, 15) is 9.90 Å². The molecule has 138 valence electrons. The summed E-state index contributed by atoms with van der Waals surface area (Å²) < 4.78 is 11.4. The van der Waals surface area contributed by atoms with Crippen molar-refractivity contribution < 1.29 is 19.4 Å². The number of carbonyl (C=O) groups excluding carboxylic acids is 1. The van der Waals surface area contributed by atoms with E-state index in [0.29, 0.717) is 18.3 Å². The summed E-state index contributed by atoms with van der Waals surface area (Å²) in [6.45, 7) is 4.69. The summed E-state index contributed by atoms with van der Waals surface area (Å²) in [5, 5.41) is 9.40. The topological polar surface area (TPSA) is 59.0 Å². The highest BCUT2D eigenvalue weighted by molar-refractivity contribution is 5.80. The van der Waals surface area contributed by atoms with E-state index < -0.39 is 6.10 Å². The van der Waals surface area contributed by atoms with Gasteiger partial charge in [0.15, 0.2) is 0 Å². The Bertz CT molecular complexity index is 545. The molecule has 0 saturated carbocycles. The largest absolute Gasteiger partial charge is 0.508 e. The maximum Gasteiger partial charge on any atom is 0.251 e. The minimum absolute atomic E-state index is 0.0833. The van der Waals surface area contributed by atoms with Gasteiger partial charge in [0.1, 0.15) is 11.9 Å². The van der Waals surface area contributed by atoms with Crippen molar-refractivity contribution in [3.8, 4) is 5.75 Å². The molecule has 5 nitrogen and oxygen atoms in total. The number of amides is 1. The smallest absolute Gasteiger partial charge is 0.251 e. The summed E-state index contributed by atoms with van der Waals surface area (Å²) in [4.78, 5) is 14.5. The Hall–Kier alpha value is -1.59. The van der Waals surface area contributed by atoms with Gasteiger partial charge < -0.3 is 19.5 Å². The van der Waals surface area contributed by atoms with E-state index in [4.69, 9.17) is 9.47 Å². The second-order valence-corrected chi connectivity index (χ2v) is 7.16. The zero-order valence-electron chi connectivity index (χ0n) is 15.0. The quantitative estimate of drug-likeness (QED) is 0.889. The molecular weight excluding hydrogens is 318 g/mol. The maximum atomic E-state index is 12.6. The first-order valence-corrected chi connectivity index (χ1v) is 9.44. The first-order chi connectivity index (χ1) is 12.1. The molecule has 25 heavy (non-hydrogen) atoms. The predicted molar refractivity (Wildman–Crippen MR) is 95.7 cm³/mol. The molecule has 0 radical (unpaired) electrons. The standard InChI is InChI=1S/C20H29NO4/c1-15(25-14-19-4-2-3-13-24-19)20(23)21-11-9-17(10-12-21)16-5-7-18(22)8-6-16/h5-8,15,17,19,22H,2-4,9-14H2,1H3. The maximum absolute atomic E-state index is 12.6. The number of aromatic hydroxyl groups is 1. The lowest BCUT2D eigenvalue weighted by Crippen LogP contribution is -2.44. The van der Waals surface area contributed by atoms with Crippen LogP contribution in [0, 0.1) is 0 Å². The number of ether oxygens (including phenoxy) is 2. The number of hydrogen-bond acceptors (Lipinski definition) is 4. The fourth-order valence-corrected chi connectivity index (χ4v) is 3.70. The summed E-state index contributed by atoms with van der Waals surface area (Å²) in [6.07, 6.45) is 4.98. The number of benzene rings is 1. The average Bonchev–Trinajstić information content (AvgIpc) is 2.67. The summed E-state index contributed by atoms with van der Waals surface area (Å²) in [5.41, 5.74) is 1.24. The van der Waals surface area contributed by atoms with Crippen molar-refractivity contribution in [3.63, 3.8) is 0 Å². The molecule has 2 heterocycles. The summed E-state index contributed by atoms with van der Waals surface area (Å²) in [7, 11) is 0. The molecule has 2 fully saturated rings. The summed E-state index contributed by atoms with van der Waals surface area (Å²) in [5.74, 6) is 0.834. The number of carbonyl (C=O) groups is 1. The Labute approximate surface area is 149 Å². The van der Waals surface area contributed by atoms with Crippen LogP contribution in [0.5, 0.6) is 5.75 Å². The molecule has 0 aliphatic carbocycles. The number of piperidine rings is 1. The number of rotatable bonds is 5. The Balaban J connectivity index is 1.43. The van der Waals surface area contributed by atoms with Crippen LogP contribution in [0.25, 0.3) is 0 Å². The lowest BCUT2D eigenvalue weighted by atomic mass is 9.89. The van der Waals surface area contributed by atoms with Gasteiger partial charge in [-0.15, -0.1) is 0 Å². The minimum Gasteiger partial charge on any atom is -0.508 e. The molecule has 1 aromatic carbocycles. The summed E-state index contributed by atoms with van der Waals surface area (Å²) in [6, 6.07) is 7.42. The fourth-order valence-electron chi connectivity index (χ4n) is 3.70. The molecule has 0 spiro atoms. The highest BCUT2D eigenvalue weighted by atomic mass is 16.5. The van der Waals surface area contributed by atoms with Crippen LogP contribution in [-0.2, 0) is 14.3 Å². The number of hydrogen-bond donors (Lipinski definition) is 1. The van der Waals surface area contributed by atoms with Crippen molar-refractivity contribution in [3.05, 3.63) is 29.8 Å². The van der Waals surface area contributed by atoms with Gasteiger partial charge >= 0.3 is 0 Å². The van der Waals surface area contributed by atoms with Gasteiger partial charge in [0, 0.05) is 19.7 Å². The van der Waals surface area contributed by atoms with Crippen molar-refractivity contribution in [2.24, 2.45) is 0 Å². The van der Waals surface area contributed by atoms with Crippen LogP contribution >= 0.6 is 0 Å². The molecule has 2 atom stereocenters. The molecule has 3 rings (SSSR count). The predicted octanol–water partition coefficient (Wildman–Crippen LogP) is 3.07. The highest BCUT2D eigenvalue weighted by Crippen LogP contribution is 2.29. The van der Waals surface area contributed by atoms with Crippen molar-refractivity contribution >= 4 is 5.91 Å². The van der Waals surface area contributed by atoms with Crippen molar-refractivity contribution in [2.75, 3.05) is 26.3 Å². The van der Waals surface area contributed by atoms with E-state index in [1.165, 1.54) is 12.0 Å². The van der Waals surface area contributed by atoms with Gasteiger partial charge in [0.2, 0.25) is 0 Å². The van der Waals surface area contributed by atoms with E-state index in [1.807, 2.05) is 24.0 Å². The molecule has 0 bridgehead atoms. The normalized spacial score (nSPS) is 23.4. The molecule has 1 amide bonds. The van der Waals surface area contributed by atoms with Crippen LogP contribution in [0.4, 0.5) is 0 Å². The van der Waals surface area contributed by atoms with E-state index in [1.54, 1.807) is 12.1 Å². The van der Waals surface area contributed by atoms with Crippen LogP contribution < -0.4 is 0 Å². The number of nitrogens with zero attached hydrogens (tertiary/aromatic N) is 1. The van der Waals surface area contributed by atoms with E-state index in [0.717, 1.165) is 45.4 Å². The Morgan fingerprint density at radius 3 is 2.60 bits per heavy atom. The molecule has 2 aliphatic rings. The second kappa shape index (κ2) is 8.68. The third-order valence-corrected chi connectivity index (χ3v) is 5.32. The molecule has 5 heteroatoms. The minimum atomic E-state index is -0.407. The first-order valence-electron chi connectivity index (χ1n) is 9.44. The SMILES string of the molecule is CC(OCC1CCCCO1)C(=O)N1CCC(c2ccc(O)cc2)CC1. The number of likely N-dealkylation sites (tertiary alicyclic amines) is 1. The Morgan fingerprint density at radius 1 is 1.24 bits per heavy atom. The van der Waals surface area contributed by atoms with Crippen LogP contribution in [0.2, 0.25) is 0 Å². The fraction of sp³-hybridized carbons (Fsp3) is 0.650. The lowest BCUT2D eigenvalue weighted by molar-refractivity contribution is -0.147. The van der Waals surface area contributed by atoms with Gasteiger partial charge in [-0.3, -0.25) is 4.79 Å². The summed E-state index contributed by atoms with van der Waals surface area (Å²) >= 11 is 0. The van der Waals surface area contributed by atoms with Crippen LogP contribution in [0.1, 0.15) is 50.5 Å². The van der Waals surface area contributed by atoms with Crippen molar-refractivity contribution in [1.82, 2.24) is 4.90 Å². The third-order valence-electron chi connectivity index (χ3n) is 5.32. The molecule has 2 aliphatic heterocycles. The molecular formula is C20H29NO4. The van der Waals surface area contributed by atoms with Gasteiger partial charge in [0.25, 0.3) is 5.91 Å². The Kier molecular flexibility index (Phi) is 6.32. The van der Waals surface area contributed by atoms with Gasteiger partial charge in [0.05, 0.1) is 12.7 Å². The third kappa shape index (κ3) is 4.95. The van der Waals surface area contributed by atoms with E-state index in [2.05, 4.69) is 0 Å². The molecule has 0 aromatic heterocycles. The lowest BCUT2D eigenvalue weighted by Gasteiger charge is -2.34. The number of phenolic OH excluding ortho intramolecular Hbond substituents is 1. The van der Waals surface area contributed by atoms with Crippen LogP contribution in [-0.4, -0.2) is 54.4 Å². The van der Waals surface area contributed by atoms with Crippen molar-refractivity contribution in [1.29, 1.82) is 0 Å². The number of phenols is 1. The zero-order chi connectivity index (χ0) is 17.6. The van der Waals surface area contributed by atoms with Gasteiger partial charge in [-0.1, -0.05) is 12.1 Å². The van der Waals surface area contributed by atoms with Gasteiger partial charge in [-0.2, -0.15) is 0 Å². The molecule has 1 aromatic rings. The second-order valence-electron chi connectivity index (χ2n) is 7.16. The molecule has 1 N–H and O–H groups in total. The molecule has 2 unspecified atom stereocenters. The van der Waals surface area contributed by atoms with Gasteiger partial charge in [-0.25, -0.2) is 0 Å². The first kappa shape index (κ1) is 18.2. The van der Waals surface area contributed by atoms with E-state index in [-0.39, 0.29) is 12.0 Å². The molecule has 2 saturated heterocycles. The zero-order valence-corrected chi connectivity index (χ0v) is 15.0. The Morgan fingerprint density at radius 2 is 1.96 bits per heavy atom. The monoisotopic (exact) mass is 347 g/mol. The highest BCUT2D eigenvalue weighted by Gasteiger charge is 2.27. The van der Waals surface area contributed by atoms with E-state index >= 15 is 0 Å². The van der Waals surface area contributed by atoms with Crippen LogP contribution in [0.3, 0.4) is 0 Å². The average molecular weight is 347 g/mol. The van der Waals surface area contributed by atoms with Crippen LogP contribution in [0.15, 0.2) is 24.3 Å². The van der Waals surface area contributed by atoms with Crippen molar-refractivity contribution in [2.45, 2.75) is 57.2 Å².